The zero-order chi connectivity index (χ0) is 16.9. The molecule has 0 saturated carbocycles. The molecule has 0 aromatic heterocycles. The molecule has 130 valence electrons. The lowest BCUT2D eigenvalue weighted by Crippen LogP contribution is -2.38. The number of nitrogens with one attached hydrogen (secondary N) is 1. The molecule has 1 heterocycles. The first kappa shape index (κ1) is 18.2. The van der Waals surface area contributed by atoms with Gasteiger partial charge < -0.3 is 9.47 Å². The minimum absolute atomic E-state index is 0.321. The van der Waals surface area contributed by atoms with Gasteiger partial charge in [-0.25, -0.2) is 13.1 Å². The van der Waals surface area contributed by atoms with Crippen LogP contribution in [0.3, 0.4) is 0 Å². The average Bonchev–Trinajstić information content (AvgIpc) is 2.54. The number of morpholine rings is 1. The smallest absolute Gasteiger partial charge is 0.240 e. The standard InChI is InChI=1S/C16H26N2O4S/c1-13-12-16(14(2)11-15(13)21-3)23(19,20)17-5-4-6-18-7-9-22-10-8-18/h11-12,17H,4-10H2,1-3H3. The third-order valence-electron chi connectivity index (χ3n) is 4.03. The number of ether oxygens (including phenoxy) is 2. The number of sulfonamides is 1. The Morgan fingerprint density at radius 2 is 1.91 bits per heavy atom. The Balaban J connectivity index is 1.92. The maximum absolute atomic E-state index is 12.5. The SMILES string of the molecule is COc1cc(C)c(S(=O)(=O)NCCCN2CCOCC2)cc1C. The summed E-state index contributed by atoms with van der Waals surface area (Å²) in [6.45, 7) is 8.30. The Kier molecular flexibility index (Phi) is 6.41. The predicted octanol–water partition coefficient (Wildman–Crippen LogP) is 1.31. The molecule has 1 aromatic rings. The van der Waals surface area contributed by atoms with Crippen LogP contribution in [-0.4, -0.2) is 59.8 Å². The van der Waals surface area contributed by atoms with Crippen LogP contribution >= 0.6 is 0 Å². The van der Waals surface area contributed by atoms with Crippen molar-refractivity contribution >= 4 is 10.0 Å². The minimum Gasteiger partial charge on any atom is -0.496 e. The van der Waals surface area contributed by atoms with E-state index in [0.717, 1.165) is 44.8 Å². The zero-order valence-electron chi connectivity index (χ0n) is 14.1. The lowest BCUT2D eigenvalue weighted by atomic mass is 10.1. The van der Waals surface area contributed by atoms with Crippen LogP contribution in [0.4, 0.5) is 0 Å². The van der Waals surface area contributed by atoms with Crippen molar-refractivity contribution < 1.29 is 17.9 Å². The molecule has 23 heavy (non-hydrogen) atoms. The molecule has 6 nitrogen and oxygen atoms in total. The van der Waals surface area contributed by atoms with Gasteiger partial charge in [-0.05, 0) is 50.1 Å². The summed E-state index contributed by atoms with van der Waals surface area (Å²) < 4.78 is 38.2. The highest BCUT2D eigenvalue weighted by atomic mass is 32.2. The van der Waals surface area contributed by atoms with Gasteiger partial charge >= 0.3 is 0 Å². The first-order valence-electron chi connectivity index (χ1n) is 7.89. The molecule has 0 bridgehead atoms. The van der Waals surface area contributed by atoms with Crippen molar-refractivity contribution in [2.45, 2.75) is 25.2 Å². The van der Waals surface area contributed by atoms with Crippen LogP contribution < -0.4 is 9.46 Å². The van der Waals surface area contributed by atoms with Crippen molar-refractivity contribution in [2.75, 3.05) is 46.5 Å². The van der Waals surface area contributed by atoms with Gasteiger partial charge in [-0.1, -0.05) is 0 Å². The van der Waals surface area contributed by atoms with E-state index in [2.05, 4.69) is 9.62 Å². The van der Waals surface area contributed by atoms with E-state index >= 15 is 0 Å². The number of hydrogen-bond acceptors (Lipinski definition) is 5. The van der Waals surface area contributed by atoms with E-state index in [0.29, 0.717) is 22.8 Å². The summed E-state index contributed by atoms with van der Waals surface area (Å²) in [4.78, 5) is 2.61. The van der Waals surface area contributed by atoms with Gasteiger partial charge in [0.25, 0.3) is 0 Å². The first-order chi connectivity index (χ1) is 10.9. The minimum atomic E-state index is -3.49. The fourth-order valence-corrected chi connectivity index (χ4v) is 4.07. The van der Waals surface area contributed by atoms with E-state index < -0.39 is 10.0 Å². The van der Waals surface area contributed by atoms with Gasteiger partial charge in [0.1, 0.15) is 5.75 Å². The number of benzene rings is 1. The molecular formula is C16H26N2O4S. The van der Waals surface area contributed by atoms with Crippen LogP contribution in [0, 0.1) is 13.8 Å². The third-order valence-corrected chi connectivity index (χ3v) is 5.63. The molecule has 0 unspecified atom stereocenters. The second-order valence-electron chi connectivity index (χ2n) is 5.79. The van der Waals surface area contributed by atoms with Crippen LogP contribution in [0.15, 0.2) is 17.0 Å². The van der Waals surface area contributed by atoms with Gasteiger partial charge in [-0.2, -0.15) is 0 Å². The summed E-state index contributed by atoms with van der Waals surface area (Å²) in [6.07, 6.45) is 0.785. The van der Waals surface area contributed by atoms with Crippen molar-refractivity contribution in [3.63, 3.8) is 0 Å². The highest BCUT2D eigenvalue weighted by Crippen LogP contribution is 2.25. The van der Waals surface area contributed by atoms with Gasteiger partial charge in [0.2, 0.25) is 10.0 Å². The maximum Gasteiger partial charge on any atom is 0.240 e. The molecule has 0 radical (unpaired) electrons. The van der Waals surface area contributed by atoms with Gasteiger partial charge in [0.05, 0.1) is 25.2 Å². The largest absolute Gasteiger partial charge is 0.496 e. The van der Waals surface area contributed by atoms with E-state index in [1.807, 2.05) is 6.92 Å². The van der Waals surface area contributed by atoms with Crippen LogP contribution in [0.25, 0.3) is 0 Å². The lowest BCUT2D eigenvalue weighted by Gasteiger charge is -2.26. The Bertz CT molecular complexity index is 625. The average molecular weight is 342 g/mol. The molecule has 0 aliphatic carbocycles. The Morgan fingerprint density at radius 1 is 1.22 bits per heavy atom. The lowest BCUT2D eigenvalue weighted by molar-refractivity contribution is 0.0376. The fourth-order valence-electron chi connectivity index (χ4n) is 2.68. The summed E-state index contributed by atoms with van der Waals surface area (Å²) >= 11 is 0. The summed E-state index contributed by atoms with van der Waals surface area (Å²) in [6, 6.07) is 3.43. The zero-order valence-corrected chi connectivity index (χ0v) is 14.9. The summed E-state index contributed by atoms with van der Waals surface area (Å²) in [5.74, 6) is 0.703. The van der Waals surface area contributed by atoms with Crippen molar-refractivity contribution in [3.05, 3.63) is 23.3 Å². The Labute approximate surface area is 138 Å². The molecule has 1 N–H and O–H groups in total. The topological polar surface area (TPSA) is 67.9 Å². The van der Waals surface area contributed by atoms with Gasteiger partial charge in [0.15, 0.2) is 0 Å². The number of rotatable bonds is 7. The van der Waals surface area contributed by atoms with Crippen molar-refractivity contribution in [3.8, 4) is 5.75 Å². The normalized spacial score (nSPS) is 16.5. The highest BCUT2D eigenvalue weighted by molar-refractivity contribution is 7.89. The predicted molar refractivity (Wildman–Crippen MR) is 89.5 cm³/mol. The second-order valence-corrected chi connectivity index (χ2v) is 7.53. The van der Waals surface area contributed by atoms with E-state index in [-0.39, 0.29) is 0 Å². The molecule has 1 saturated heterocycles. The highest BCUT2D eigenvalue weighted by Gasteiger charge is 2.18. The fraction of sp³-hybridized carbons (Fsp3) is 0.625. The molecule has 0 amide bonds. The van der Waals surface area contributed by atoms with Crippen LogP contribution in [-0.2, 0) is 14.8 Å². The molecule has 0 spiro atoms. The van der Waals surface area contributed by atoms with Crippen LogP contribution in [0.1, 0.15) is 17.5 Å². The molecule has 1 aliphatic rings. The summed E-state index contributed by atoms with van der Waals surface area (Å²) in [7, 11) is -1.91. The molecular weight excluding hydrogens is 316 g/mol. The van der Waals surface area contributed by atoms with E-state index in [1.54, 1.807) is 26.2 Å². The molecule has 1 fully saturated rings. The van der Waals surface area contributed by atoms with Gasteiger partial charge in [-0.15, -0.1) is 0 Å². The van der Waals surface area contributed by atoms with Crippen molar-refractivity contribution in [1.29, 1.82) is 0 Å². The number of hydrogen-bond donors (Lipinski definition) is 1. The first-order valence-corrected chi connectivity index (χ1v) is 9.37. The molecule has 0 atom stereocenters. The molecule has 1 aliphatic heterocycles. The molecule has 2 rings (SSSR count). The number of nitrogens with zero attached hydrogens (tertiary/aromatic N) is 1. The molecule has 7 heteroatoms. The van der Waals surface area contributed by atoms with E-state index in [1.165, 1.54) is 0 Å². The third kappa shape index (κ3) is 4.91. The van der Waals surface area contributed by atoms with Crippen LogP contribution in [0.5, 0.6) is 5.75 Å². The van der Waals surface area contributed by atoms with Gasteiger partial charge in [0, 0.05) is 19.6 Å². The number of methoxy groups -OCH3 is 1. The van der Waals surface area contributed by atoms with E-state index in [4.69, 9.17) is 9.47 Å². The summed E-state index contributed by atoms with van der Waals surface area (Å²) in [5.41, 5.74) is 1.50. The summed E-state index contributed by atoms with van der Waals surface area (Å²) in [5, 5.41) is 0. The van der Waals surface area contributed by atoms with Crippen molar-refractivity contribution in [2.24, 2.45) is 0 Å². The maximum atomic E-state index is 12.5. The van der Waals surface area contributed by atoms with Gasteiger partial charge in [-0.3, -0.25) is 4.90 Å². The Morgan fingerprint density at radius 3 is 2.57 bits per heavy atom. The van der Waals surface area contributed by atoms with Crippen molar-refractivity contribution in [1.82, 2.24) is 9.62 Å². The monoisotopic (exact) mass is 342 g/mol. The quantitative estimate of drug-likeness (QED) is 0.757. The van der Waals surface area contributed by atoms with E-state index in [9.17, 15) is 8.42 Å². The second kappa shape index (κ2) is 8.10. The number of aryl methyl sites for hydroxylation is 2. The van der Waals surface area contributed by atoms with Crippen LogP contribution in [0.2, 0.25) is 0 Å². The molecule has 1 aromatic carbocycles. The Hall–Kier alpha value is -1.15.